The molecule has 1 amide bonds. The predicted octanol–water partition coefficient (Wildman–Crippen LogP) is 3.00. The van der Waals surface area contributed by atoms with Gasteiger partial charge in [0.25, 0.3) is 5.69 Å². The number of anilines is 2. The number of nitro groups is 1. The first-order chi connectivity index (χ1) is 15.0. The van der Waals surface area contributed by atoms with Crippen molar-refractivity contribution in [2.24, 2.45) is 0 Å². The molecule has 2 aromatic rings. The lowest BCUT2D eigenvalue weighted by Crippen LogP contribution is -2.25. The van der Waals surface area contributed by atoms with E-state index < -0.39 is 4.92 Å². The molecular formula is C20H26N6O4S. The van der Waals surface area contributed by atoms with Crippen LogP contribution in [0.25, 0.3) is 0 Å². The molecule has 1 atom stereocenters. The van der Waals surface area contributed by atoms with Gasteiger partial charge >= 0.3 is 0 Å². The zero-order valence-electron chi connectivity index (χ0n) is 17.5. The summed E-state index contributed by atoms with van der Waals surface area (Å²) in [7, 11) is 0. The zero-order chi connectivity index (χ0) is 21.8. The molecule has 1 N–H and O–H groups in total. The van der Waals surface area contributed by atoms with E-state index in [0.717, 1.165) is 51.3 Å². The SMILES string of the molecule is Cc1c(NC(=O)CSc2nnc(N3CCCC3)n2C[C@H]2CCCO2)cccc1[N+](=O)[O-]. The molecule has 1 aromatic carbocycles. The number of thioether (sulfide) groups is 1. The number of hydrogen-bond donors (Lipinski definition) is 1. The molecule has 0 spiro atoms. The van der Waals surface area contributed by atoms with Crippen LogP contribution >= 0.6 is 11.8 Å². The number of amides is 1. The van der Waals surface area contributed by atoms with E-state index in [1.807, 2.05) is 0 Å². The molecule has 0 aliphatic carbocycles. The minimum atomic E-state index is -0.451. The molecule has 31 heavy (non-hydrogen) atoms. The Morgan fingerprint density at radius 2 is 2.13 bits per heavy atom. The van der Waals surface area contributed by atoms with E-state index in [1.165, 1.54) is 17.8 Å². The first-order valence-corrected chi connectivity index (χ1v) is 11.5. The summed E-state index contributed by atoms with van der Waals surface area (Å²) in [5, 5.41) is 23.3. The van der Waals surface area contributed by atoms with Gasteiger partial charge in [-0.1, -0.05) is 17.8 Å². The van der Waals surface area contributed by atoms with Crippen LogP contribution in [0.4, 0.5) is 17.3 Å². The smallest absolute Gasteiger partial charge is 0.274 e. The fraction of sp³-hybridized carbons (Fsp3) is 0.550. The van der Waals surface area contributed by atoms with Crippen molar-refractivity contribution in [3.8, 4) is 0 Å². The summed E-state index contributed by atoms with van der Waals surface area (Å²) in [5.74, 6) is 0.722. The van der Waals surface area contributed by atoms with Crippen LogP contribution in [0.2, 0.25) is 0 Å². The topological polar surface area (TPSA) is 115 Å². The van der Waals surface area contributed by atoms with Crippen molar-refractivity contribution < 1.29 is 14.5 Å². The lowest BCUT2D eigenvalue weighted by Gasteiger charge is -2.20. The van der Waals surface area contributed by atoms with E-state index in [1.54, 1.807) is 19.1 Å². The van der Waals surface area contributed by atoms with E-state index in [-0.39, 0.29) is 23.5 Å². The second kappa shape index (κ2) is 9.65. The van der Waals surface area contributed by atoms with Crippen LogP contribution < -0.4 is 10.2 Å². The number of nitrogens with one attached hydrogen (secondary N) is 1. The van der Waals surface area contributed by atoms with Gasteiger partial charge in [-0.3, -0.25) is 19.5 Å². The largest absolute Gasteiger partial charge is 0.376 e. The van der Waals surface area contributed by atoms with Crippen LogP contribution in [-0.4, -0.2) is 57.1 Å². The Morgan fingerprint density at radius 3 is 2.84 bits per heavy atom. The Labute approximate surface area is 184 Å². The third kappa shape index (κ3) is 4.99. The highest BCUT2D eigenvalue weighted by atomic mass is 32.2. The number of aromatic nitrogens is 3. The molecule has 2 fully saturated rings. The fourth-order valence-corrected chi connectivity index (χ4v) is 4.71. The van der Waals surface area contributed by atoms with Crippen LogP contribution in [0.5, 0.6) is 0 Å². The minimum absolute atomic E-state index is 0.0167. The number of nitro benzene ring substituents is 1. The molecular weight excluding hydrogens is 420 g/mol. The van der Waals surface area contributed by atoms with E-state index in [4.69, 9.17) is 4.74 Å². The van der Waals surface area contributed by atoms with Crippen LogP contribution in [-0.2, 0) is 16.1 Å². The average molecular weight is 447 g/mol. The number of carbonyl (C=O) groups excluding carboxylic acids is 1. The van der Waals surface area contributed by atoms with Gasteiger partial charge in [0.1, 0.15) is 0 Å². The number of carbonyl (C=O) groups is 1. The summed E-state index contributed by atoms with van der Waals surface area (Å²) >= 11 is 1.31. The molecule has 2 saturated heterocycles. The van der Waals surface area contributed by atoms with Gasteiger partial charge in [-0.25, -0.2) is 0 Å². The highest BCUT2D eigenvalue weighted by Crippen LogP contribution is 2.28. The quantitative estimate of drug-likeness (QED) is 0.374. The summed E-state index contributed by atoms with van der Waals surface area (Å²) in [6, 6.07) is 4.65. The Morgan fingerprint density at radius 1 is 1.32 bits per heavy atom. The summed E-state index contributed by atoms with van der Waals surface area (Å²) < 4.78 is 7.88. The highest BCUT2D eigenvalue weighted by Gasteiger charge is 2.25. The van der Waals surface area contributed by atoms with Crippen molar-refractivity contribution in [1.29, 1.82) is 0 Å². The Kier molecular flexibility index (Phi) is 6.71. The first kappa shape index (κ1) is 21.6. The van der Waals surface area contributed by atoms with Crippen molar-refractivity contribution in [3.05, 3.63) is 33.9 Å². The Balaban J connectivity index is 1.44. The van der Waals surface area contributed by atoms with Gasteiger partial charge in [0.2, 0.25) is 11.9 Å². The molecule has 2 aliphatic heterocycles. The molecule has 0 bridgehead atoms. The summed E-state index contributed by atoms with van der Waals surface area (Å²) in [4.78, 5) is 25.4. The van der Waals surface area contributed by atoms with Crippen LogP contribution in [0, 0.1) is 17.0 Å². The lowest BCUT2D eigenvalue weighted by molar-refractivity contribution is -0.385. The normalized spacial score (nSPS) is 18.5. The van der Waals surface area contributed by atoms with Gasteiger partial charge in [-0.05, 0) is 38.7 Å². The number of benzene rings is 1. The number of rotatable bonds is 8. The van der Waals surface area contributed by atoms with E-state index in [0.29, 0.717) is 23.0 Å². The second-order valence-corrected chi connectivity index (χ2v) is 8.71. The summed E-state index contributed by atoms with van der Waals surface area (Å²) in [6.07, 6.45) is 4.48. The highest BCUT2D eigenvalue weighted by molar-refractivity contribution is 7.99. The van der Waals surface area contributed by atoms with Crippen molar-refractivity contribution in [2.75, 3.05) is 35.7 Å². The van der Waals surface area contributed by atoms with E-state index in [9.17, 15) is 14.9 Å². The van der Waals surface area contributed by atoms with E-state index >= 15 is 0 Å². The molecule has 4 rings (SSSR count). The van der Waals surface area contributed by atoms with Gasteiger partial charge < -0.3 is 15.0 Å². The maximum Gasteiger partial charge on any atom is 0.274 e. The van der Waals surface area contributed by atoms with Crippen molar-refractivity contribution in [1.82, 2.24) is 14.8 Å². The zero-order valence-corrected chi connectivity index (χ0v) is 18.3. The number of nitrogens with zero attached hydrogens (tertiary/aromatic N) is 5. The average Bonchev–Trinajstić information content (AvgIpc) is 3.50. The number of ether oxygens (including phenoxy) is 1. The van der Waals surface area contributed by atoms with Gasteiger partial charge in [-0.2, -0.15) is 0 Å². The molecule has 166 valence electrons. The van der Waals surface area contributed by atoms with Gasteiger partial charge in [0.05, 0.1) is 34.6 Å². The van der Waals surface area contributed by atoms with Crippen LogP contribution in [0.1, 0.15) is 31.2 Å². The molecule has 3 heterocycles. The van der Waals surface area contributed by atoms with Gasteiger partial charge in [-0.15, -0.1) is 10.2 Å². The molecule has 0 unspecified atom stereocenters. The van der Waals surface area contributed by atoms with Crippen molar-refractivity contribution >= 4 is 35.0 Å². The Bertz CT molecular complexity index is 953. The predicted molar refractivity (Wildman–Crippen MR) is 118 cm³/mol. The van der Waals surface area contributed by atoms with Crippen molar-refractivity contribution in [3.63, 3.8) is 0 Å². The lowest BCUT2D eigenvalue weighted by atomic mass is 10.1. The van der Waals surface area contributed by atoms with Gasteiger partial charge in [0, 0.05) is 25.8 Å². The third-order valence-corrected chi connectivity index (χ3v) is 6.57. The molecule has 0 saturated carbocycles. The molecule has 10 nitrogen and oxygen atoms in total. The molecule has 0 radical (unpaired) electrons. The summed E-state index contributed by atoms with van der Waals surface area (Å²) in [5.41, 5.74) is 0.860. The minimum Gasteiger partial charge on any atom is -0.376 e. The second-order valence-electron chi connectivity index (χ2n) is 7.77. The van der Waals surface area contributed by atoms with Crippen LogP contribution in [0.15, 0.2) is 23.4 Å². The first-order valence-electron chi connectivity index (χ1n) is 10.5. The van der Waals surface area contributed by atoms with E-state index in [2.05, 4.69) is 25.0 Å². The summed E-state index contributed by atoms with van der Waals surface area (Å²) in [6.45, 7) is 5.00. The fourth-order valence-electron chi connectivity index (χ4n) is 3.96. The van der Waals surface area contributed by atoms with Gasteiger partial charge in [0.15, 0.2) is 5.16 Å². The standard InChI is InChI=1S/C20H26N6O4S/c1-14-16(7-4-8-17(14)26(28)29)21-18(27)13-31-20-23-22-19(24-9-2-3-10-24)25(20)12-15-6-5-11-30-15/h4,7-8,15H,2-3,5-6,9-13H2,1H3,(H,21,27)/t15-/m1/s1. The monoisotopic (exact) mass is 446 g/mol. The van der Waals surface area contributed by atoms with Crippen LogP contribution in [0.3, 0.4) is 0 Å². The molecule has 2 aliphatic rings. The maximum atomic E-state index is 12.5. The molecule has 1 aromatic heterocycles. The third-order valence-electron chi connectivity index (χ3n) is 5.60. The molecule has 11 heteroatoms. The van der Waals surface area contributed by atoms with Crippen molar-refractivity contribution in [2.45, 2.75) is 50.4 Å². The maximum absolute atomic E-state index is 12.5. The number of hydrogen-bond acceptors (Lipinski definition) is 8. The Hall–Kier alpha value is -2.66.